The fourth-order valence-corrected chi connectivity index (χ4v) is 5.87. The van der Waals surface area contributed by atoms with Crippen molar-refractivity contribution in [3.63, 3.8) is 0 Å². The Bertz CT molecular complexity index is 1420. The van der Waals surface area contributed by atoms with Crippen LogP contribution in [-0.2, 0) is 26.2 Å². The predicted octanol–water partition coefficient (Wildman–Crippen LogP) is 5.87. The SMILES string of the molecule is CCC(C(=O)NC(C)(C)C)N(Cc1ccc(F)cc1)C(=O)CN(c1ccc(C(C)C)cc1)S(=O)(=O)c1ccccc1. The average Bonchev–Trinajstić information content (AvgIpc) is 2.92. The van der Waals surface area contributed by atoms with Crippen LogP contribution in [0.1, 0.15) is 65.0 Å². The zero-order valence-electron chi connectivity index (χ0n) is 24.6. The normalized spacial score (nSPS) is 12.6. The summed E-state index contributed by atoms with van der Waals surface area (Å²) in [4.78, 5) is 28.9. The summed E-state index contributed by atoms with van der Waals surface area (Å²) in [6.07, 6.45) is 0.295. The minimum Gasteiger partial charge on any atom is -0.350 e. The van der Waals surface area contributed by atoms with Gasteiger partial charge in [0.15, 0.2) is 0 Å². The highest BCUT2D eigenvalue weighted by atomic mass is 32.2. The molecule has 3 rings (SSSR count). The molecule has 0 aromatic heterocycles. The molecule has 0 heterocycles. The van der Waals surface area contributed by atoms with Crippen LogP contribution < -0.4 is 9.62 Å². The summed E-state index contributed by atoms with van der Waals surface area (Å²) in [6.45, 7) is 10.9. The molecule has 7 nitrogen and oxygen atoms in total. The molecule has 0 spiro atoms. The maximum Gasteiger partial charge on any atom is 0.264 e. The van der Waals surface area contributed by atoms with Crippen LogP contribution in [0.5, 0.6) is 0 Å². The van der Waals surface area contributed by atoms with Crippen molar-refractivity contribution < 1.29 is 22.4 Å². The number of sulfonamides is 1. The number of benzene rings is 3. The minimum atomic E-state index is -4.14. The Morgan fingerprint density at radius 3 is 2.00 bits per heavy atom. The van der Waals surface area contributed by atoms with Crippen LogP contribution in [0.15, 0.2) is 83.8 Å². The monoisotopic (exact) mass is 581 g/mol. The molecule has 0 fully saturated rings. The van der Waals surface area contributed by atoms with E-state index >= 15 is 0 Å². The lowest BCUT2D eigenvalue weighted by atomic mass is 10.0. The van der Waals surface area contributed by atoms with Gasteiger partial charge in [0.25, 0.3) is 10.0 Å². The van der Waals surface area contributed by atoms with Gasteiger partial charge in [0.1, 0.15) is 18.4 Å². The first-order valence-corrected chi connectivity index (χ1v) is 15.2. The van der Waals surface area contributed by atoms with Gasteiger partial charge >= 0.3 is 0 Å². The molecule has 3 aromatic rings. The minimum absolute atomic E-state index is 0.000689. The van der Waals surface area contributed by atoms with E-state index in [1.807, 2.05) is 46.8 Å². The van der Waals surface area contributed by atoms with Crippen LogP contribution in [0.25, 0.3) is 0 Å². The molecule has 0 aliphatic heterocycles. The second kappa shape index (κ2) is 13.3. The van der Waals surface area contributed by atoms with Crippen LogP contribution in [0.4, 0.5) is 10.1 Å². The lowest BCUT2D eigenvalue weighted by Crippen LogP contribution is -2.55. The molecule has 3 aromatic carbocycles. The van der Waals surface area contributed by atoms with Crippen molar-refractivity contribution in [2.75, 3.05) is 10.8 Å². The summed E-state index contributed by atoms with van der Waals surface area (Å²) < 4.78 is 42.5. The molecule has 0 bridgehead atoms. The van der Waals surface area contributed by atoms with Crippen LogP contribution >= 0.6 is 0 Å². The number of carbonyl (C=O) groups excluding carboxylic acids is 2. The Labute approximate surface area is 243 Å². The zero-order valence-corrected chi connectivity index (χ0v) is 25.4. The lowest BCUT2D eigenvalue weighted by Gasteiger charge is -2.34. The third kappa shape index (κ3) is 8.39. The summed E-state index contributed by atoms with van der Waals surface area (Å²) in [6, 6.07) is 19.8. The van der Waals surface area contributed by atoms with E-state index in [9.17, 15) is 22.4 Å². The molecule has 0 saturated heterocycles. The van der Waals surface area contributed by atoms with Gasteiger partial charge in [-0.3, -0.25) is 13.9 Å². The number of amides is 2. The summed E-state index contributed by atoms with van der Waals surface area (Å²) in [5.41, 5.74) is 1.43. The topological polar surface area (TPSA) is 86.8 Å². The van der Waals surface area contributed by atoms with E-state index in [1.165, 1.54) is 29.2 Å². The van der Waals surface area contributed by atoms with Crippen molar-refractivity contribution in [2.24, 2.45) is 0 Å². The van der Waals surface area contributed by atoms with E-state index in [0.717, 1.165) is 9.87 Å². The smallest absolute Gasteiger partial charge is 0.264 e. The van der Waals surface area contributed by atoms with E-state index in [4.69, 9.17) is 0 Å². The van der Waals surface area contributed by atoms with Gasteiger partial charge in [-0.15, -0.1) is 0 Å². The Morgan fingerprint density at radius 2 is 1.49 bits per heavy atom. The van der Waals surface area contributed by atoms with Gasteiger partial charge in [0.05, 0.1) is 10.6 Å². The molecule has 220 valence electrons. The molecule has 1 N–H and O–H groups in total. The second-order valence-electron chi connectivity index (χ2n) is 11.4. The standard InChI is InChI=1S/C32H40FN3O4S/c1-7-29(31(38)34-32(4,5)6)35(21-24-13-17-26(33)18-14-24)30(37)22-36(27-19-15-25(16-20-27)23(2)3)41(39,40)28-11-9-8-10-12-28/h8-20,23,29H,7,21-22H2,1-6H3,(H,34,38). The summed E-state index contributed by atoms with van der Waals surface area (Å²) in [5.74, 6) is -1.09. The van der Waals surface area contributed by atoms with Crippen molar-refractivity contribution in [1.29, 1.82) is 0 Å². The third-order valence-corrected chi connectivity index (χ3v) is 8.40. The van der Waals surface area contributed by atoms with E-state index < -0.39 is 39.9 Å². The Balaban J connectivity index is 2.07. The van der Waals surface area contributed by atoms with Gasteiger partial charge in [0, 0.05) is 12.1 Å². The highest BCUT2D eigenvalue weighted by Gasteiger charge is 2.34. The molecule has 0 aliphatic rings. The Hall–Kier alpha value is -3.72. The molecule has 9 heteroatoms. The predicted molar refractivity (Wildman–Crippen MR) is 160 cm³/mol. The fraction of sp³-hybridized carbons (Fsp3) is 0.375. The quantitative estimate of drug-likeness (QED) is 0.307. The molecule has 0 aliphatic carbocycles. The molecule has 0 saturated carbocycles. The average molecular weight is 582 g/mol. The number of nitrogens with one attached hydrogen (secondary N) is 1. The van der Waals surface area contributed by atoms with E-state index in [1.54, 1.807) is 49.4 Å². The van der Waals surface area contributed by atoms with Gasteiger partial charge in [0.2, 0.25) is 11.8 Å². The van der Waals surface area contributed by atoms with Gasteiger partial charge in [-0.2, -0.15) is 0 Å². The number of anilines is 1. The number of rotatable bonds is 11. The van der Waals surface area contributed by atoms with E-state index in [0.29, 0.717) is 17.7 Å². The van der Waals surface area contributed by atoms with Gasteiger partial charge < -0.3 is 10.2 Å². The van der Waals surface area contributed by atoms with Crippen molar-refractivity contribution in [2.45, 2.75) is 76.9 Å². The summed E-state index contributed by atoms with van der Waals surface area (Å²) in [5, 5.41) is 2.93. The highest BCUT2D eigenvalue weighted by Crippen LogP contribution is 2.27. The van der Waals surface area contributed by atoms with Gasteiger partial charge in [-0.25, -0.2) is 12.8 Å². The maximum absolute atomic E-state index is 14.1. The lowest BCUT2D eigenvalue weighted by molar-refractivity contribution is -0.141. The first-order valence-electron chi connectivity index (χ1n) is 13.8. The molecule has 2 amide bonds. The first-order chi connectivity index (χ1) is 19.2. The fourth-order valence-electron chi connectivity index (χ4n) is 4.43. The molecule has 1 unspecified atom stereocenters. The van der Waals surface area contributed by atoms with Crippen LogP contribution in [0.3, 0.4) is 0 Å². The second-order valence-corrected chi connectivity index (χ2v) is 13.2. The molecule has 41 heavy (non-hydrogen) atoms. The van der Waals surface area contributed by atoms with Crippen LogP contribution in [-0.4, -0.2) is 43.3 Å². The number of hydrogen-bond donors (Lipinski definition) is 1. The summed E-state index contributed by atoms with van der Waals surface area (Å²) in [7, 11) is -4.14. The Morgan fingerprint density at radius 1 is 0.902 bits per heavy atom. The molecular weight excluding hydrogens is 541 g/mol. The van der Waals surface area contributed by atoms with Crippen molar-refractivity contribution >= 4 is 27.5 Å². The number of carbonyl (C=O) groups is 2. The molecule has 0 radical (unpaired) electrons. The number of hydrogen-bond acceptors (Lipinski definition) is 4. The Kier molecular flexibility index (Phi) is 10.3. The maximum atomic E-state index is 14.1. The van der Waals surface area contributed by atoms with Crippen molar-refractivity contribution in [3.8, 4) is 0 Å². The van der Waals surface area contributed by atoms with E-state index in [2.05, 4.69) is 5.32 Å². The first kappa shape index (κ1) is 31.8. The third-order valence-electron chi connectivity index (χ3n) is 6.61. The number of nitrogens with zero attached hydrogens (tertiary/aromatic N) is 2. The molecule has 1 atom stereocenters. The number of halogens is 1. The van der Waals surface area contributed by atoms with Crippen molar-refractivity contribution in [1.82, 2.24) is 10.2 Å². The van der Waals surface area contributed by atoms with Crippen molar-refractivity contribution in [3.05, 3.63) is 95.8 Å². The van der Waals surface area contributed by atoms with Crippen LogP contribution in [0, 0.1) is 5.82 Å². The highest BCUT2D eigenvalue weighted by molar-refractivity contribution is 7.92. The summed E-state index contributed by atoms with van der Waals surface area (Å²) >= 11 is 0. The van der Waals surface area contributed by atoms with Crippen LogP contribution in [0.2, 0.25) is 0 Å². The largest absolute Gasteiger partial charge is 0.350 e. The molecular formula is C32H40FN3O4S. The zero-order chi connectivity index (χ0) is 30.4. The van der Waals surface area contributed by atoms with E-state index in [-0.39, 0.29) is 23.3 Å². The van der Waals surface area contributed by atoms with Gasteiger partial charge in [-0.1, -0.05) is 63.2 Å². The van der Waals surface area contributed by atoms with Gasteiger partial charge in [-0.05, 0) is 80.6 Å².